The van der Waals surface area contributed by atoms with Crippen LogP contribution >= 0.6 is 0 Å². The van der Waals surface area contributed by atoms with Gasteiger partial charge in [-0.25, -0.2) is 0 Å². The molecule has 0 aromatic rings. The van der Waals surface area contributed by atoms with Crippen LogP contribution in [0.1, 0.15) is 65.7 Å². The van der Waals surface area contributed by atoms with Gasteiger partial charge in [0.15, 0.2) is 5.78 Å². The van der Waals surface area contributed by atoms with Gasteiger partial charge < -0.3 is 5.11 Å². The maximum Gasteiger partial charge on any atom is 0.155 e. The first kappa shape index (κ1) is 14.9. The maximum atomic E-state index is 11.8. The lowest BCUT2D eigenvalue weighted by atomic mass is 9.48. The number of hydrogen-bond donors (Lipinski definition) is 1. The van der Waals surface area contributed by atoms with Crippen molar-refractivity contribution in [2.45, 2.75) is 71.3 Å². The molecule has 0 aliphatic heterocycles. The molecule has 2 heteroatoms. The second-order valence-corrected chi connectivity index (χ2v) is 9.13. The molecule has 0 amide bonds. The van der Waals surface area contributed by atoms with Crippen LogP contribution in [0.2, 0.25) is 0 Å². The van der Waals surface area contributed by atoms with Crippen molar-refractivity contribution in [3.05, 3.63) is 11.6 Å². The summed E-state index contributed by atoms with van der Waals surface area (Å²) in [7, 11) is 0. The van der Waals surface area contributed by atoms with Gasteiger partial charge in [-0.2, -0.15) is 0 Å². The van der Waals surface area contributed by atoms with Crippen LogP contribution in [-0.4, -0.2) is 16.5 Å². The average molecular weight is 302 g/mol. The number of aliphatic hydroxyl groups is 1. The predicted octanol–water partition coefficient (Wildman–Crippen LogP) is 4.13. The minimum Gasteiger partial charge on any atom is -0.390 e. The van der Waals surface area contributed by atoms with E-state index in [0.717, 1.165) is 43.9 Å². The molecule has 4 aliphatic rings. The molecule has 0 saturated heterocycles. The van der Waals surface area contributed by atoms with Crippen LogP contribution in [-0.2, 0) is 4.79 Å². The molecule has 4 rings (SSSR count). The fourth-order valence-corrected chi connectivity index (χ4v) is 6.83. The van der Waals surface area contributed by atoms with Crippen molar-refractivity contribution in [3.63, 3.8) is 0 Å². The van der Waals surface area contributed by atoms with Gasteiger partial charge in [-0.05, 0) is 86.5 Å². The third-order valence-corrected chi connectivity index (χ3v) is 8.20. The molecule has 0 aromatic heterocycles. The second kappa shape index (κ2) is 4.69. The highest BCUT2D eigenvalue weighted by molar-refractivity contribution is 5.91. The standard InChI is InChI=1S/C20H30O2/c1-12-10-13-11-14(21)4-5-15(13)16-6-8-19(2)17(18(12)16)7-9-20(19,3)22/h11-12,15-18,22H,4-10H2,1-3H3/t12-,15+,16+,17-,18+,19-,20+/m1/s1. The van der Waals surface area contributed by atoms with E-state index in [4.69, 9.17) is 0 Å². The number of rotatable bonds is 0. The minimum absolute atomic E-state index is 0.105. The Morgan fingerprint density at radius 1 is 1.18 bits per heavy atom. The van der Waals surface area contributed by atoms with Gasteiger partial charge in [-0.3, -0.25) is 4.79 Å². The van der Waals surface area contributed by atoms with E-state index in [1.807, 2.05) is 6.08 Å². The van der Waals surface area contributed by atoms with Gasteiger partial charge >= 0.3 is 0 Å². The van der Waals surface area contributed by atoms with Crippen LogP contribution in [0.25, 0.3) is 0 Å². The van der Waals surface area contributed by atoms with E-state index in [2.05, 4.69) is 20.8 Å². The lowest BCUT2D eigenvalue weighted by molar-refractivity contribution is -0.121. The Morgan fingerprint density at radius 3 is 2.73 bits per heavy atom. The molecule has 22 heavy (non-hydrogen) atoms. The Labute approximate surface area is 134 Å². The molecule has 1 N–H and O–H groups in total. The maximum absolute atomic E-state index is 11.8. The summed E-state index contributed by atoms with van der Waals surface area (Å²) in [5, 5.41) is 10.9. The van der Waals surface area contributed by atoms with E-state index < -0.39 is 5.60 Å². The highest BCUT2D eigenvalue weighted by Crippen LogP contribution is 2.65. The lowest BCUT2D eigenvalue weighted by Crippen LogP contribution is -2.53. The van der Waals surface area contributed by atoms with E-state index in [1.54, 1.807) is 0 Å². The molecular weight excluding hydrogens is 272 g/mol. The Kier molecular flexibility index (Phi) is 3.18. The minimum atomic E-state index is -0.485. The first-order valence-corrected chi connectivity index (χ1v) is 9.29. The predicted molar refractivity (Wildman–Crippen MR) is 87.3 cm³/mol. The summed E-state index contributed by atoms with van der Waals surface area (Å²) < 4.78 is 0. The third-order valence-electron chi connectivity index (χ3n) is 8.20. The smallest absolute Gasteiger partial charge is 0.155 e. The molecule has 0 spiro atoms. The summed E-state index contributed by atoms with van der Waals surface area (Å²) in [5.74, 6) is 3.86. The van der Waals surface area contributed by atoms with Crippen LogP contribution in [0.5, 0.6) is 0 Å². The van der Waals surface area contributed by atoms with E-state index in [1.165, 1.54) is 18.4 Å². The van der Waals surface area contributed by atoms with Crippen LogP contribution in [0, 0.1) is 35.0 Å². The van der Waals surface area contributed by atoms with Crippen molar-refractivity contribution in [2.24, 2.45) is 35.0 Å². The van der Waals surface area contributed by atoms with Crippen LogP contribution in [0.15, 0.2) is 11.6 Å². The third kappa shape index (κ3) is 1.85. The van der Waals surface area contributed by atoms with Gasteiger partial charge in [0.05, 0.1) is 5.60 Å². The molecule has 2 nitrogen and oxygen atoms in total. The molecule has 7 atom stereocenters. The van der Waals surface area contributed by atoms with Crippen molar-refractivity contribution in [1.82, 2.24) is 0 Å². The number of allylic oxidation sites excluding steroid dienone is 1. The number of carbonyl (C=O) groups is 1. The molecule has 0 unspecified atom stereocenters. The van der Waals surface area contributed by atoms with Crippen molar-refractivity contribution in [1.29, 1.82) is 0 Å². The Balaban J connectivity index is 1.69. The molecule has 0 heterocycles. The highest BCUT2D eigenvalue weighted by atomic mass is 16.3. The average Bonchev–Trinajstić information content (AvgIpc) is 2.69. The molecule has 4 aliphatic carbocycles. The molecule has 0 aromatic carbocycles. The Morgan fingerprint density at radius 2 is 1.95 bits per heavy atom. The van der Waals surface area contributed by atoms with Crippen molar-refractivity contribution < 1.29 is 9.90 Å². The molecule has 0 bridgehead atoms. The number of ketones is 1. The molecule has 122 valence electrons. The zero-order chi connectivity index (χ0) is 15.7. The van der Waals surface area contributed by atoms with Crippen molar-refractivity contribution in [3.8, 4) is 0 Å². The van der Waals surface area contributed by atoms with Gasteiger partial charge in [0.1, 0.15) is 0 Å². The summed E-state index contributed by atoms with van der Waals surface area (Å²) in [5.41, 5.74) is 1.08. The van der Waals surface area contributed by atoms with Crippen molar-refractivity contribution >= 4 is 5.78 Å². The molecule has 3 fully saturated rings. The normalized spacial score (nSPS) is 54.3. The zero-order valence-corrected chi connectivity index (χ0v) is 14.3. The van der Waals surface area contributed by atoms with Crippen molar-refractivity contribution in [2.75, 3.05) is 0 Å². The van der Waals surface area contributed by atoms with Crippen LogP contribution in [0.3, 0.4) is 0 Å². The van der Waals surface area contributed by atoms with Gasteiger partial charge in [-0.15, -0.1) is 0 Å². The molecule has 0 radical (unpaired) electrons. The lowest BCUT2D eigenvalue weighted by Gasteiger charge is -2.57. The first-order valence-electron chi connectivity index (χ1n) is 9.29. The first-order chi connectivity index (χ1) is 10.3. The Bertz CT molecular complexity index is 532. The van der Waals surface area contributed by atoms with E-state index in [-0.39, 0.29) is 5.41 Å². The number of fused-ring (bicyclic) bond motifs is 5. The fraction of sp³-hybridized carbons (Fsp3) is 0.850. The van der Waals surface area contributed by atoms with Crippen LogP contribution in [0.4, 0.5) is 0 Å². The summed E-state index contributed by atoms with van der Waals surface area (Å²) >= 11 is 0. The summed E-state index contributed by atoms with van der Waals surface area (Å²) in [4.78, 5) is 11.8. The quantitative estimate of drug-likeness (QED) is 0.730. The monoisotopic (exact) mass is 302 g/mol. The zero-order valence-electron chi connectivity index (χ0n) is 14.3. The van der Waals surface area contributed by atoms with E-state index >= 15 is 0 Å². The van der Waals surface area contributed by atoms with Gasteiger partial charge in [0, 0.05) is 6.42 Å². The largest absolute Gasteiger partial charge is 0.390 e. The van der Waals surface area contributed by atoms with Gasteiger partial charge in [0.25, 0.3) is 0 Å². The molecule has 3 saturated carbocycles. The van der Waals surface area contributed by atoms with Gasteiger partial charge in [0.2, 0.25) is 0 Å². The SMILES string of the molecule is C[C@@H]1CC2=CC(=O)CC[C@@H]2[C@@H]2CC[C@]3(C)[C@H](CC[C@]3(C)O)[C@H]21. The summed E-state index contributed by atoms with van der Waals surface area (Å²) in [6.45, 7) is 6.82. The second-order valence-electron chi connectivity index (χ2n) is 9.13. The fourth-order valence-electron chi connectivity index (χ4n) is 6.83. The van der Waals surface area contributed by atoms with E-state index in [9.17, 15) is 9.90 Å². The summed E-state index contributed by atoms with van der Waals surface area (Å²) in [6.07, 6.45) is 9.51. The molecular formula is C20H30O2. The van der Waals surface area contributed by atoms with Crippen LogP contribution < -0.4 is 0 Å². The highest BCUT2D eigenvalue weighted by Gasteiger charge is 2.61. The number of hydrogen-bond acceptors (Lipinski definition) is 2. The number of carbonyl (C=O) groups excluding carboxylic acids is 1. The van der Waals surface area contributed by atoms with Gasteiger partial charge in [-0.1, -0.05) is 19.4 Å². The Hall–Kier alpha value is -0.630. The van der Waals surface area contributed by atoms with E-state index in [0.29, 0.717) is 23.5 Å². The topological polar surface area (TPSA) is 37.3 Å². The summed E-state index contributed by atoms with van der Waals surface area (Å²) in [6, 6.07) is 0.